The predicted octanol–water partition coefficient (Wildman–Crippen LogP) is 12.4. The fraction of sp³-hybridized carbons (Fsp3) is 0.635. The fourth-order valence-electron chi connectivity index (χ4n) is 10.2. The van der Waals surface area contributed by atoms with Gasteiger partial charge in [-0.05, 0) is 125 Å². The maximum absolute atomic E-state index is 16.1. The van der Waals surface area contributed by atoms with Gasteiger partial charge in [-0.1, -0.05) is 162 Å². The molecule has 0 fully saturated rings. The lowest BCUT2D eigenvalue weighted by Gasteiger charge is -2.36. The molecule has 0 N–H and O–H groups in total. The van der Waals surface area contributed by atoms with Crippen molar-refractivity contribution in [2.45, 2.75) is 267 Å². The van der Waals surface area contributed by atoms with Crippen LogP contribution in [0.5, 0.6) is 0 Å². The number of amides is 4. The molecule has 3 aromatic carbocycles. The molecule has 0 spiro atoms. The molecular formula is C74H110F2N4O15. The number of nitrogens with zero attached hydrogens (tertiary/aromatic N) is 4. The van der Waals surface area contributed by atoms with Gasteiger partial charge < -0.3 is 43.1 Å². The van der Waals surface area contributed by atoms with Crippen molar-refractivity contribution in [3.05, 3.63) is 107 Å². The van der Waals surface area contributed by atoms with Gasteiger partial charge in [0, 0.05) is 53.9 Å². The second-order valence-electron chi connectivity index (χ2n) is 31.8. The fourth-order valence-corrected chi connectivity index (χ4v) is 10.2. The van der Waals surface area contributed by atoms with E-state index in [0.29, 0.717) is 16.7 Å². The van der Waals surface area contributed by atoms with E-state index in [1.54, 1.807) is 90.1 Å². The molecule has 0 unspecified atom stereocenters. The summed E-state index contributed by atoms with van der Waals surface area (Å²) < 4.78 is 66.4. The maximum Gasteiger partial charge on any atom is 0.410 e. The molecule has 0 aliphatic carbocycles. The van der Waals surface area contributed by atoms with Crippen LogP contribution in [-0.4, -0.2) is 167 Å². The predicted molar refractivity (Wildman–Crippen MR) is 360 cm³/mol. The lowest BCUT2D eigenvalue weighted by atomic mass is 9.86. The lowest BCUT2D eigenvalue weighted by molar-refractivity contribution is -0.176. The van der Waals surface area contributed by atoms with Crippen LogP contribution >= 0.6 is 0 Å². The summed E-state index contributed by atoms with van der Waals surface area (Å²) >= 11 is 0. The van der Waals surface area contributed by atoms with E-state index in [4.69, 9.17) is 28.4 Å². The van der Waals surface area contributed by atoms with Crippen molar-refractivity contribution < 1.29 is 80.4 Å². The molecule has 0 bridgehead atoms. The number of esters is 5. The minimum Gasteiger partial charge on any atom is -0.458 e. The summed E-state index contributed by atoms with van der Waals surface area (Å²) in [6, 6.07) is 17.3. The number of alkyl halides is 2. The van der Waals surface area contributed by atoms with Crippen LogP contribution in [0.25, 0.3) is 0 Å². The molecule has 21 heteroatoms. The molecular weight excluding hydrogens is 1220 g/mol. The third kappa shape index (κ3) is 27.3. The Morgan fingerprint density at radius 3 is 1.05 bits per heavy atom. The van der Waals surface area contributed by atoms with Crippen molar-refractivity contribution in [3.63, 3.8) is 0 Å². The number of rotatable bonds is 28. The Morgan fingerprint density at radius 2 is 0.716 bits per heavy atom. The van der Waals surface area contributed by atoms with Crippen LogP contribution in [0.1, 0.15) is 199 Å². The highest BCUT2D eigenvalue weighted by Gasteiger charge is 2.45. The largest absolute Gasteiger partial charge is 0.458 e. The molecule has 4 amide bonds. The van der Waals surface area contributed by atoms with Gasteiger partial charge in [0.1, 0.15) is 47.7 Å². The first kappa shape index (κ1) is 81.8. The van der Waals surface area contributed by atoms with Crippen molar-refractivity contribution in [1.82, 2.24) is 19.6 Å². The van der Waals surface area contributed by atoms with E-state index in [-0.39, 0.29) is 43.1 Å². The minimum absolute atomic E-state index is 0.0178. The number of ether oxygens (including phenoxy) is 6. The zero-order valence-corrected chi connectivity index (χ0v) is 61.2. The van der Waals surface area contributed by atoms with Gasteiger partial charge in [-0.3, -0.25) is 19.3 Å². The highest BCUT2D eigenvalue weighted by molar-refractivity contribution is 5.93. The number of benzene rings is 3. The van der Waals surface area contributed by atoms with Crippen LogP contribution < -0.4 is 0 Å². The van der Waals surface area contributed by atoms with Crippen molar-refractivity contribution >= 4 is 53.7 Å². The van der Waals surface area contributed by atoms with Gasteiger partial charge in [-0.15, -0.1) is 0 Å². The summed E-state index contributed by atoms with van der Waals surface area (Å²) in [5.41, 5.74) is -3.31. The van der Waals surface area contributed by atoms with Crippen molar-refractivity contribution in [1.29, 1.82) is 0 Å². The highest BCUT2D eigenvalue weighted by atomic mass is 19.1. The SMILES string of the molecule is C[C@@H](OC(=O)[C@H](CC(C)(C)C)N(C)C(=O)[C@@H](Cc1ccc(C(C)(C)C)cc1)OC(=O)[C@H](CC(C)(C)F)N(C)C(=O)[C@@H](C)OC(=O)[C@H](CC(C)(C)C)N(C)C(=O)[C@@H](Cc1ccc(C(C)(C)C)cc1)OC(=O)[C@H](CC(C)(C)F)N(C)C(=O)OC(C)(C)C)C(=O)OCc1ccccc1. The number of carbonyl (C=O) groups excluding carboxylic acids is 9. The second-order valence-corrected chi connectivity index (χ2v) is 31.8. The summed E-state index contributed by atoms with van der Waals surface area (Å²) in [6.45, 7) is 35.2. The van der Waals surface area contributed by atoms with Crippen LogP contribution in [0, 0.1) is 10.8 Å². The summed E-state index contributed by atoms with van der Waals surface area (Å²) in [7, 11) is 5.09. The number of hydrogen-bond acceptors (Lipinski definition) is 15. The molecule has 0 aromatic heterocycles. The normalized spacial score (nSPS) is 15.0. The number of hydrogen-bond donors (Lipinski definition) is 0. The van der Waals surface area contributed by atoms with Gasteiger partial charge in [0.2, 0.25) is 0 Å². The average Bonchev–Trinajstić information content (AvgIpc) is 0.824. The van der Waals surface area contributed by atoms with Crippen molar-refractivity contribution in [3.8, 4) is 0 Å². The lowest BCUT2D eigenvalue weighted by Crippen LogP contribution is -2.54. The Labute approximate surface area is 563 Å². The molecule has 95 heavy (non-hydrogen) atoms. The highest BCUT2D eigenvalue weighted by Crippen LogP contribution is 2.32. The van der Waals surface area contributed by atoms with Gasteiger partial charge in [0.05, 0.1) is 0 Å². The van der Waals surface area contributed by atoms with Crippen LogP contribution in [0.4, 0.5) is 13.6 Å². The quantitative estimate of drug-likeness (QED) is 0.0487. The minimum atomic E-state index is -2.17. The smallest absolute Gasteiger partial charge is 0.410 e. The van der Waals surface area contributed by atoms with E-state index in [9.17, 15) is 33.6 Å². The number of halogens is 2. The Bertz CT molecular complexity index is 3090. The standard InChI is InChI=1S/C74H110F2N4O15/c1-46(91-63(85)53(41-68(3,4)5)78(23)61(83)58(40-49-33-37-52(38-34-49)71(12,13)14)94-66(88)56(44-74(20,21)76)80(25)67(89)95-72(15,16)17)59(81)77(22)55(43-73(18,19)75)65(87)93-57(39-48-31-35-51(36-32-48)70(9,10)11)60(82)79(24)54(42-69(6,7)8)64(86)92-47(2)62(84)90-45-50-29-27-26-28-30-50/h26-38,46-47,53-58H,39-45H2,1-25H3/t46-,47-,53+,54+,55+,56+,57-,58-/m1/s1. The van der Waals surface area contributed by atoms with Gasteiger partial charge in [0.25, 0.3) is 17.7 Å². The van der Waals surface area contributed by atoms with E-state index in [1.165, 1.54) is 69.7 Å². The first-order valence-corrected chi connectivity index (χ1v) is 32.5. The van der Waals surface area contributed by atoms with E-state index in [1.807, 2.05) is 92.6 Å². The van der Waals surface area contributed by atoms with Crippen LogP contribution in [0.15, 0.2) is 78.9 Å². The third-order valence-electron chi connectivity index (χ3n) is 15.7. The van der Waals surface area contributed by atoms with E-state index >= 15 is 18.4 Å². The Morgan fingerprint density at radius 1 is 0.389 bits per heavy atom. The molecule has 3 aromatic rings. The molecule has 0 aliphatic heterocycles. The molecule has 0 saturated heterocycles. The summed E-state index contributed by atoms with van der Waals surface area (Å²) in [5, 5.41) is 0. The maximum atomic E-state index is 16.1. The first-order valence-electron chi connectivity index (χ1n) is 32.5. The topological polar surface area (TPSA) is 222 Å². The Balaban J connectivity index is 2.09. The van der Waals surface area contributed by atoms with Crippen LogP contribution in [0.2, 0.25) is 0 Å². The van der Waals surface area contributed by atoms with Gasteiger partial charge >= 0.3 is 35.9 Å². The molecule has 0 saturated carbocycles. The molecule has 0 radical (unpaired) electrons. The summed E-state index contributed by atoms with van der Waals surface area (Å²) in [4.78, 5) is 134. The van der Waals surface area contributed by atoms with Gasteiger partial charge in [-0.25, -0.2) is 37.5 Å². The zero-order valence-electron chi connectivity index (χ0n) is 61.2. The summed E-state index contributed by atoms with van der Waals surface area (Å²) in [5.74, 6) is -7.95. The van der Waals surface area contributed by atoms with Crippen LogP contribution in [0.3, 0.4) is 0 Å². The second kappa shape index (κ2) is 33.0. The van der Waals surface area contributed by atoms with Crippen LogP contribution in [-0.2, 0) is 97.1 Å². The first-order chi connectivity index (χ1) is 43.2. The van der Waals surface area contributed by atoms with Crippen molar-refractivity contribution in [2.24, 2.45) is 10.8 Å². The molecule has 8 atom stereocenters. The van der Waals surface area contributed by atoms with E-state index < -0.39 is 143 Å². The monoisotopic (exact) mass is 1330 g/mol. The Hall–Kier alpha value is -7.45. The van der Waals surface area contributed by atoms with Crippen molar-refractivity contribution in [2.75, 3.05) is 28.2 Å². The number of likely N-dealkylation sites (N-methyl/N-ethyl adjacent to an activating group) is 4. The molecule has 0 aliphatic rings. The van der Waals surface area contributed by atoms with Gasteiger partial charge in [0.15, 0.2) is 24.4 Å². The average molecular weight is 1330 g/mol. The number of carbonyl (C=O) groups is 9. The molecule has 3 rings (SSSR count). The molecule has 530 valence electrons. The molecule has 19 nitrogen and oxygen atoms in total. The summed E-state index contributed by atoms with van der Waals surface area (Å²) in [6.07, 6.45) is -9.20. The van der Waals surface area contributed by atoms with E-state index in [0.717, 1.165) is 30.7 Å². The van der Waals surface area contributed by atoms with E-state index in [2.05, 4.69) is 0 Å². The molecule has 0 heterocycles. The Kier molecular flexibility index (Phi) is 28.4. The van der Waals surface area contributed by atoms with Gasteiger partial charge in [-0.2, -0.15) is 0 Å². The third-order valence-corrected chi connectivity index (χ3v) is 15.7. The zero-order chi connectivity index (χ0) is 72.9.